The third-order valence-corrected chi connectivity index (χ3v) is 11.2. The minimum atomic E-state index is -2.56. The summed E-state index contributed by atoms with van der Waals surface area (Å²) in [6.07, 6.45) is 1.76. The number of rotatable bonds is 6. The Morgan fingerprint density at radius 2 is 1.68 bits per heavy atom. The van der Waals surface area contributed by atoms with E-state index in [4.69, 9.17) is 14.7 Å². The van der Waals surface area contributed by atoms with Crippen molar-refractivity contribution in [3.8, 4) is 0 Å². The number of nitrogens with zero attached hydrogens (tertiary/aromatic N) is 3. The molecule has 1 aliphatic carbocycles. The van der Waals surface area contributed by atoms with Crippen LogP contribution < -0.4 is 10.4 Å². The van der Waals surface area contributed by atoms with Gasteiger partial charge in [-0.2, -0.15) is 0 Å². The second-order valence-electron chi connectivity index (χ2n) is 8.87. The average Bonchev–Trinajstić information content (AvgIpc) is 3.31. The highest BCUT2D eigenvalue weighted by Crippen LogP contribution is 2.52. The molecule has 146 valence electrons. The van der Waals surface area contributed by atoms with Crippen LogP contribution in [0.1, 0.15) is 33.6 Å². The summed E-state index contributed by atoms with van der Waals surface area (Å²) in [5, 5.41) is 6.40. The Bertz CT molecular complexity index is 838. The lowest BCUT2D eigenvalue weighted by molar-refractivity contribution is 0.161. The lowest BCUT2D eigenvalue weighted by Gasteiger charge is -2.43. The molecule has 0 radical (unpaired) electrons. The van der Waals surface area contributed by atoms with Gasteiger partial charge in [0.1, 0.15) is 5.60 Å². The fraction of sp³-hybridized carbons (Fsp3) is 0.455. The molecule has 1 saturated carbocycles. The molecule has 0 amide bonds. The minimum absolute atomic E-state index is 0.00150. The predicted octanol–water partition coefficient (Wildman–Crippen LogP) is 4.17. The van der Waals surface area contributed by atoms with Gasteiger partial charge in [0.05, 0.1) is 18.8 Å². The Morgan fingerprint density at radius 1 is 1.11 bits per heavy atom. The highest BCUT2D eigenvalue weighted by atomic mass is 28.4. The van der Waals surface area contributed by atoms with E-state index in [0.29, 0.717) is 6.61 Å². The van der Waals surface area contributed by atoms with Crippen molar-refractivity contribution < 1.29 is 9.16 Å². The van der Waals surface area contributed by atoms with E-state index in [1.165, 1.54) is 10.4 Å². The first-order chi connectivity index (χ1) is 13.4. The molecule has 3 atom stereocenters. The first-order valence-corrected chi connectivity index (χ1v) is 11.8. The number of benzene rings is 2. The average molecular weight is 394 g/mol. The fourth-order valence-corrected chi connectivity index (χ4v) is 9.37. The zero-order chi connectivity index (χ0) is 19.8. The molecule has 2 aromatic rings. The quantitative estimate of drug-likeness (QED) is 0.243. The number of hydrogen-bond acceptors (Lipinski definition) is 3. The second-order valence-corrected chi connectivity index (χ2v) is 13.2. The molecule has 1 heterocycles. The summed E-state index contributed by atoms with van der Waals surface area (Å²) in [6, 6.07) is 21.2. The number of azide groups is 1. The Morgan fingerprint density at radius 3 is 2.14 bits per heavy atom. The molecule has 0 spiro atoms. The molecule has 0 bridgehead atoms. The minimum Gasteiger partial charge on any atom is -0.404 e. The molecule has 5 nitrogen and oxygen atoms in total. The van der Waals surface area contributed by atoms with E-state index in [2.05, 4.69) is 91.5 Å². The molecule has 2 aliphatic rings. The molecule has 28 heavy (non-hydrogen) atoms. The maximum Gasteiger partial charge on any atom is 0.261 e. The van der Waals surface area contributed by atoms with Gasteiger partial charge in [-0.05, 0) is 33.8 Å². The molecule has 6 heteroatoms. The van der Waals surface area contributed by atoms with Crippen molar-refractivity contribution in [1.29, 1.82) is 0 Å². The molecule has 0 unspecified atom stereocenters. The van der Waals surface area contributed by atoms with Gasteiger partial charge in [0.25, 0.3) is 8.32 Å². The summed E-state index contributed by atoms with van der Waals surface area (Å²) in [5.41, 5.74) is 8.50. The van der Waals surface area contributed by atoms with Crippen LogP contribution in [0.2, 0.25) is 5.04 Å². The van der Waals surface area contributed by atoms with Crippen LogP contribution in [-0.4, -0.2) is 32.7 Å². The van der Waals surface area contributed by atoms with Gasteiger partial charge < -0.3 is 9.16 Å². The van der Waals surface area contributed by atoms with E-state index in [0.717, 1.165) is 12.8 Å². The highest BCUT2D eigenvalue weighted by molar-refractivity contribution is 6.99. The van der Waals surface area contributed by atoms with Crippen LogP contribution in [0.15, 0.2) is 65.8 Å². The van der Waals surface area contributed by atoms with Crippen molar-refractivity contribution in [2.24, 2.45) is 5.11 Å². The van der Waals surface area contributed by atoms with Crippen LogP contribution in [-0.2, 0) is 9.16 Å². The van der Waals surface area contributed by atoms with Crippen LogP contribution in [0.3, 0.4) is 0 Å². The van der Waals surface area contributed by atoms with Crippen molar-refractivity contribution >= 4 is 18.7 Å². The highest BCUT2D eigenvalue weighted by Gasteiger charge is 2.65. The monoisotopic (exact) mass is 393 g/mol. The molecular weight excluding hydrogens is 366 g/mol. The number of epoxide rings is 1. The van der Waals surface area contributed by atoms with E-state index < -0.39 is 8.32 Å². The normalized spacial score (nSPS) is 26.4. The van der Waals surface area contributed by atoms with Gasteiger partial charge in [-0.3, -0.25) is 0 Å². The molecule has 2 aromatic carbocycles. The summed E-state index contributed by atoms with van der Waals surface area (Å²) >= 11 is 0. The largest absolute Gasteiger partial charge is 0.404 e. The molecule has 0 aromatic heterocycles. The number of ether oxygens (including phenoxy) is 1. The van der Waals surface area contributed by atoms with Gasteiger partial charge in [0.15, 0.2) is 0 Å². The van der Waals surface area contributed by atoms with E-state index >= 15 is 0 Å². The van der Waals surface area contributed by atoms with Gasteiger partial charge in [-0.15, -0.1) is 0 Å². The number of fused-ring (bicyclic) bond motifs is 1. The van der Waals surface area contributed by atoms with Crippen molar-refractivity contribution in [2.75, 3.05) is 6.61 Å². The molecule has 0 N–H and O–H groups in total. The molecule has 1 aliphatic heterocycles. The molecule has 4 rings (SSSR count). The predicted molar refractivity (Wildman–Crippen MR) is 113 cm³/mol. The van der Waals surface area contributed by atoms with Crippen LogP contribution >= 0.6 is 0 Å². The smallest absolute Gasteiger partial charge is 0.261 e. The molecule has 2 fully saturated rings. The van der Waals surface area contributed by atoms with Gasteiger partial charge >= 0.3 is 0 Å². The summed E-state index contributed by atoms with van der Waals surface area (Å²) in [6.45, 7) is 7.38. The van der Waals surface area contributed by atoms with E-state index in [-0.39, 0.29) is 22.8 Å². The zero-order valence-corrected chi connectivity index (χ0v) is 17.7. The lowest BCUT2D eigenvalue weighted by atomic mass is 10.1. The summed E-state index contributed by atoms with van der Waals surface area (Å²) in [4.78, 5) is 2.98. The van der Waals surface area contributed by atoms with Crippen LogP contribution in [0.25, 0.3) is 10.4 Å². The third-order valence-electron chi connectivity index (χ3n) is 6.19. The third kappa shape index (κ3) is 3.07. The second kappa shape index (κ2) is 7.05. The van der Waals surface area contributed by atoms with Crippen LogP contribution in [0.4, 0.5) is 0 Å². The van der Waals surface area contributed by atoms with E-state index in [1.807, 2.05) is 0 Å². The van der Waals surface area contributed by atoms with Gasteiger partial charge in [-0.25, -0.2) is 0 Å². The maximum atomic E-state index is 8.79. The van der Waals surface area contributed by atoms with Crippen molar-refractivity contribution in [1.82, 2.24) is 0 Å². The van der Waals surface area contributed by atoms with Crippen molar-refractivity contribution in [3.63, 3.8) is 0 Å². The fourth-order valence-electron chi connectivity index (χ4n) is 4.76. The van der Waals surface area contributed by atoms with E-state index in [9.17, 15) is 0 Å². The van der Waals surface area contributed by atoms with Gasteiger partial charge in [0, 0.05) is 4.91 Å². The van der Waals surface area contributed by atoms with Gasteiger partial charge in [-0.1, -0.05) is 86.5 Å². The first-order valence-electron chi connectivity index (χ1n) is 9.90. The summed E-state index contributed by atoms with van der Waals surface area (Å²) in [7, 11) is -2.56. The maximum absolute atomic E-state index is 8.79. The Hall–Kier alpha value is -2.11. The van der Waals surface area contributed by atoms with Crippen LogP contribution in [0, 0.1) is 0 Å². The molecule has 1 saturated heterocycles. The van der Waals surface area contributed by atoms with Crippen LogP contribution in [0.5, 0.6) is 0 Å². The summed E-state index contributed by atoms with van der Waals surface area (Å²) < 4.78 is 13.0. The summed E-state index contributed by atoms with van der Waals surface area (Å²) in [5.74, 6) is 0. The van der Waals surface area contributed by atoms with Crippen molar-refractivity contribution in [2.45, 2.75) is 56.4 Å². The Labute approximate surface area is 167 Å². The Kier molecular flexibility index (Phi) is 4.84. The van der Waals surface area contributed by atoms with Gasteiger partial charge in [0.2, 0.25) is 0 Å². The van der Waals surface area contributed by atoms with Crippen molar-refractivity contribution in [3.05, 3.63) is 71.1 Å². The lowest BCUT2D eigenvalue weighted by Crippen LogP contribution is -2.67. The topological polar surface area (TPSA) is 70.5 Å². The first kappa shape index (κ1) is 19.2. The van der Waals surface area contributed by atoms with E-state index in [1.54, 1.807) is 0 Å². The zero-order valence-electron chi connectivity index (χ0n) is 16.7. The molecular formula is C22H27N3O2Si. The Balaban J connectivity index is 1.71. The SMILES string of the molecule is CC(C)(C)[Si](OC[C@]12CC[C@@H](N=[N+]=[N-])[C@H]1O2)(c1ccccc1)c1ccccc1. The standard InChI is InChI=1S/C22H27N3O2Si/c1-21(2,3)28(17-10-6-4-7-11-17,18-12-8-5-9-13-18)26-16-22-15-14-19(24-25-23)20(22)27-22/h4-13,19-20H,14-16H2,1-3H3/t19-,20-,22-/m1/s1. The number of hydrogen-bond donors (Lipinski definition) is 0.